The van der Waals surface area contributed by atoms with E-state index in [0.717, 1.165) is 48.2 Å². The van der Waals surface area contributed by atoms with E-state index >= 15 is 0 Å². The highest BCUT2D eigenvalue weighted by Gasteiger charge is 2.36. The number of nitrogens with one attached hydrogen (secondary N) is 2. The molecule has 1 saturated carbocycles. The molecule has 0 radical (unpaired) electrons. The number of aliphatic imine (C=N–C) groups is 1. The SMILES string of the molecule is CN=C(NCc1ccc(OCc2ccccc2)c(OC)c1)NCC1(CCOC)CCC1.I. The fraction of sp³-hybridized carbons (Fsp3) is 0.480. The molecular weight excluding hydrogens is 517 g/mol. The lowest BCUT2D eigenvalue weighted by Gasteiger charge is -2.42. The van der Waals surface area contributed by atoms with Gasteiger partial charge in [-0.15, -0.1) is 24.0 Å². The van der Waals surface area contributed by atoms with E-state index in [1.54, 1.807) is 21.3 Å². The summed E-state index contributed by atoms with van der Waals surface area (Å²) in [5.41, 5.74) is 2.57. The smallest absolute Gasteiger partial charge is 0.191 e. The second-order valence-electron chi connectivity index (χ2n) is 8.14. The van der Waals surface area contributed by atoms with Crippen molar-refractivity contribution in [3.63, 3.8) is 0 Å². The first-order valence-corrected chi connectivity index (χ1v) is 11.0. The van der Waals surface area contributed by atoms with Gasteiger partial charge in [-0.05, 0) is 47.9 Å². The standard InChI is InChI=1S/C25H35N3O3.HI/c1-26-24(28-19-25(12-7-13-25)14-15-29-2)27-17-21-10-11-22(23(16-21)30-3)31-18-20-8-5-4-6-9-20;/h4-6,8-11,16H,7,12-15,17-19H2,1-3H3,(H2,26,27,28);1H. The Kier molecular flexibility index (Phi) is 11.1. The first-order valence-electron chi connectivity index (χ1n) is 11.0. The van der Waals surface area contributed by atoms with Crippen molar-refractivity contribution in [2.45, 2.75) is 38.8 Å². The second kappa shape index (κ2) is 13.5. The molecule has 176 valence electrons. The lowest BCUT2D eigenvalue weighted by atomic mass is 9.67. The first-order chi connectivity index (χ1) is 15.2. The van der Waals surface area contributed by atoms with Gasteiger partial charge >= 0.3 is 0 Å². The van der Waals surface area contributed by atoms with Gasteiger partial charge in [0.05, 0.1) is 7.11 Å². The van der Waals surface area contributed by atoms with Crippen LogP contribution < -0.4 is 20.1 Å². The third-order valence-electron chi connectivity index (χ3n) is 6.03. The molecule has 32 heavy (non-hydrogen) atoms. The maximum Gasteiger partial charge on any atom is 0.191 e. The van der Waals surface area contributed by atoms with Gasteiger partial charge in [0.2, 0.25) is 0 Å². The summed E-state index contributed by atoms with van der Waals surface area (Å²) in [5.74, 6) is 2.28. The molecule has 2 N–H and O–H groups in total. The highest BCUT2D eigenvalue weighted by Crippen LogP contribution is 2.43. The predicted octanol–water partition coefficient (Wildman–Crippen LogP) is 4.76. The molecule has 0 aliphatic heterocycles. The number of methoxy groups -OCH3 is 2. The molecule has 1 fully saturated rings. The Morgan fingerprint density at radius 1 is 1.00 bits per heavy atom. The third kappa shape index (κ3) is 7.55. The molecule has 3 rings (SSSR count). The zero-order valence-corrected chi connectivity index (χ0v) is 21.7. The molecule has 0 atom stereocenters. The monoisotopic (exact) mass is 553 g/mol. The number of nitrogens with zero attached hydrogens (tertiary/aromatic N) is 1. The Labute approximate surface area is 209 Å². The van der Waals surface area contributed by atoms with E-state index in [-0.39, 0.29) is 24.0 Å². The van der Waals surface area contributed by atoms with Crippen LogP contribution in [0.1, 0.15) is 36.8 Å². The largest absolute Gasteiger partial charge is 0.493 e. The van der Waals surface area contributed by atoms with E-state index in [1.807, 2.05) is 42.5 Å². The van der Waals surface area contributed by atoms with Crippen LogP contribution >= 0.6 is 24.0 Å². The molecule has 0 saturated heterocycles. The van der Waals surface area contributed by atoms with Gasteiger partial charge in [0, 0.05) is 33.9 Å². The van der Waals surface area contributed by atoms with E-state index in [1.165, 1.54) is 19.3 Å². The lowest BCUT2D eigenvalue weighted by Crippen LogP contribution is -2.46. The summed E-state index contributed by atoms with van der Waals surface area (Å²) in [6.07, 6.45) is 4.90. The average Bonchev–Trinajstić information content (AvgIpc) is 2.79. The molecule has 0 heterocycles. The number of halogens is 1. The topological polar surface area (TPSA) is 64.1 Å². The summed E-state index contributed by atoms with van der Waals surface area (Å²) in [6, 6.07) is 16.1. The normalized spacial score (nSPS) is 14.7. The first kappa shape index (κ1) is 26.3. The van der Waals surface area contributed by atoms with Crippen molar-refractivity contribution >= 4 is 29.9 Å². The zero-order chi connectivity index (χ0) is 21.9. The van der Waals surface area contributed by atoms with Gasteiger partial charge in [0.25, 0.3) is 0 Å². The van der Waals surface area contributed by atoms with Crippen LogP contribution in [0.5, 0.6) is 11.5 Å². The average molecular weight is 553 g/mol. The quantitative estimate of drug-likeness (QED) is 0.239. The third-order valence-corrected chi connectivity index (χ3v) is 6.03. The van der Waals surface area contributed by atoms with Crippen LogP contribution in [0, 0.1) is 5.41 Å². The van der Waals surface area contributed by atoms with Crippen molar-refractivity contribution in [3.8, 4) is 11.5 Å². The van der Waals surface area contributed by atoms with Crippen molar-refractivity contribution < 1.29 is 14.2 Å². The van der Waals surface area contributed by atoms with E-state index in [4.69, 9.17) is 14.2 Å². The summed E-state index contributed by atoms with van der Waals surface area (Å²) in [4.78, 5) is 4.38. The number of rotatable bonds is 11. The van der Waals surface area contributed by atoms with Gasteiger partial charge < -0.3 is 24.8 Å². The van der Waals surface area contributed by atoms with Crippen LogP contribution in [0.2, 0.25) is 0 Å². The molecule has 1 aliphatic rings. The van der Waals surface area contributed by atoms with Gasteiger partial charge in [-0.2, -0.15) is 0 Å². The highest BCUT2D eigenvalue weighted by molar-refractivity contribution is 14.0. The molecule has 0 bridgehead atoms. The maximum atomic E-state index is 5.95. The van der Waals surface area contributed by atoms with E-state index in [9.17, 15) is 0 Å². The molecule has 0 amide bonds. The minimum atomic E-state index is 0. The number of guanidine groups is 1. The molecule has 7 heteroatoms. The van der Waals surface area contributed by atoms with E-state index < -0.39 is 0 Å². The molecule has 0 spiro atoms. The van der Waals surface area contributed by atoms with E-state index in [2.05, 4.69) is 21.7 Å². The Morgan fingerprint density at radius 2 is 1.78 bits per heavy atom. The van der Waals surface area contributed by atoms with Crippen LogP contribution in [0.15, 0.2) is 53.5 Å². The summed E-state index contributed by atoms with van der Waals surface area (Å²) in [6.45, 7) is 2.90. The Morgan fingerprint density at radius 3 is 2.41 bits per heavy atom. The summed E-state index contributed by atoms with van der Waals surface area (Å²) >= 11 is 0. The second-order valence-corrected chi connectivity index (χ2v) is 8.14. The molecule has 0 unspecified atom stereocenters. The molecule has 2 aromatic carbocycles. The van der Waals surface area contributed by atoms with Crippen LogP contribution in [0.25, 0.3) is 0 Å². The number of ether oxygens (including phenoxy) is 3. The lowest BCUT2D eigenvalue weighted by molar-refractivity contribution is 0.0732. The van der Waals surface area contributed by atoms with Crippen molar-refractivity contribution in [2.75, 3.05) is 34.4 Å². The summed E-state index contributed by atoms with van der Waals surface area (Å²) < 4.78 is 16.8. The van der Waals surface area contributed by atoms with Crippen LogP contribution in [-0.2, 0) is 17.9 Å². The molecule has 2 aromatic rings. The van der Waals surface area contributed by atoms with Gasteiger partial charge in [0.15, 0.2) is 17.5 Å². The van der Waals surface area contributed by atoms with Crippen molar-refractivity contribution in [2.24, 2.45) is 10.4 Å². The minimum absolute atomic E-state index is 0. The van der Waals surface area contributed by atoms with Gasteiger partial charge in [-0.25, -0.2) is 0 Å². The zero-order valence-electron chi connectivity index (χ0n) is 19.4. The fourth-order valence-electron chi connectivity index (χ4n) is 3.86. The van der Waals surface area contributed by atoms with Gasteiger partial charge in [0.1, 0.15) is 6.61 Å². The Bertz CT molecular complexity index is 842. The fourth-order valence-corrected chi connectivity index (χ4v) is 3.86. The summed E-state index contributed by atoms with van der Waals surface area (Å²) in [5, 5.41) is 6.90. The van der Waals surface area contributed by atoms with Crippen molar-refractivity contribution in [3.05, 3.63) is 59.7 Å². The molecule has 1 aliphatic carbocycles. The maximum absolute atomic E-state index is 5.95. The van der Waals surface area contributed by atoms with Crippen LogP contribution in [0.4, 0.5) is 0 Å². The number of benzene rings is 2. The highest BCUT2D eigenvalue weighted by atomic mass is 127. The van der Waals surface area contributed by atoms with Crippen LogP contribution in [-0.4, -0.2) is 40.4 Å². The minimum Gasteiger partial charge on any atom is -0.493 e. The van der Waals surface area contributed by atoms with Gasteiger partial charge in [-0.1, -0.05) is 42.8 Å². The van der Waals surface area contributed by atoms with Crippen molar-refractivity contribution in [1.29, 1.82) is 0 Å². The molecular formula is C25H36IN3O3. The van der Waals surface area contributed by atoms with Crippen molar-refractivity contribution in [1.82, 2.24) is 10.6 Å². The van der Waals surface area contributed by atoms with Crippen LogP contribution in [0.3, 0.4) is 0 Å². The Hall–Kier alpha value is -2.00. The predicted molar refractivity (Wildman–Crippen MR) is 140 cm³/mol. The number of hydrogen-bond donors (Lipinski definition) is 2. The Balaban J connectivity index is 0.00000363. The summed E-state index contributed by atoms with van der Waals surface area (Å²) in [7, 11) is 5.24. The number of hydrogen-bond acceptors (Lipinski definition) is 4. The van der Waals surface area contributed by atoms with Gasteiger partial charge in [-0.3, -0.25) is 4.99 Å². The molecule has 0 aromatic heterocycles. The molecule has 6 nitrogen and oxygen atoms in total. The van der Waals surface area contributed by atoms with E-state index in [0.29, 0.717) is 18.6 Å².